The van der Waals surface area contributed by atoms with Crippen molar-refractivity contribution in [2.24, 2.45) is 5.10 Å². The van der Waals surface area contributed by atoms with Crippen LogP contribution in [-0.2, 0) is 0 Å². The zero-order valence-corrected chi connectivity index (χ0v) is 17.7. The van der Waals surface area contributed by atoms with Gasteiger partial charge in [-0.15, -0.1) is 0 Å². The van der Waals surface area contributed by atoms with Gasteiger partial charge in [-0.3, -0.25) is 5.43 Å². The van der Waals surface area contributed by atoms with Gasteiger partial charge in [-0.1, -0.05) is 23.7 Å². The second-order valence-electron chi connectivity index (χ2n) is 5.71. The number of hydrogen-bond donors (Lipinski definition) is 2. The van der Waals surface area contributed by atoms with E-state index in [0.717, 1.165) is 5.69 Å². The van der Waals surface area contributed by atoms with Crippen molar-refractivity contribution in [1.82, 2.24) is 15.4 Å². The Hall–Kier alpha value is -3.43. The molecule has 0 bridgehead atoms. The van der Waals surface area contributed by atoms with Crippen molar-refractivity contribution in [3.05, 3.63) is 65.2 Å². The van der Waals surface area contributed by atoms with Crippen molar-refractivity contribution >= 4 is 40.8 Å². The quantitative estimate of drug-likeness (QED) is 0.318. The fourth-order valence-corrected chi connectivity index (χ4v) is 2.57. The molecule has 0 fully saturated rings. The minimum atomic E-state index is 0.0833. The Kier molecular flexibility index (Phi) is 7.36. The van der Waals surface area contributed by atoms with E-state index in [0.29, 0.717) is 33.2 Å². The minimum Gasteiger partial charge on any atom is -0.481 e. The lowest BCUT2D eigenvalue weighted by molar-refractivity contribution is 0.348. The fraction of sp³-hybridized carbons (Fsp3) is 0.100. The number of aromatic nitrogens is 2. The molecule has 0 spiro atoms. The molecule has 0 aliphatic rings. The summed E-state index contributed by atoms with van der Waals surface area (Å²) in [6, 6.07) is 16.1. The number of thiocarbonyl (C=S) groups is 1. The fourth-order valence-electron chi connectivity index (χ4n) is 2.27. The number of hydrogen-bond acceptors (Lipinski definition) is 7. The summed E-state index contributed by atoms with van der Waals surface area (Å²) in [5, 5.41) is 8.13. The summed E-state index contributed by atoms with van der Waals surface area (Å²) in [4.78, 5) is 8.32. The lowest BCUT2D eigenvalue weighted by Gasteiger charge is -2.09. The number of hydrazone groups is 1. The summed E-state index contributed by atoms with van der Waals surface area (Å²) in [6.07, 6.45) is 1.57. The lowest BCUT2D eigenvalue weighted by atomic mass is 10.2. The number of rotatable bonds is 7. The van der Waals surface area contributed by atoms with Crippen molar-refractivity contribution in [1.29, 1.82) is 0 Å². The summed E-state index contributed by atoms with van der Waals surface area (Å²) in [7, 11) is 3.00. The molecule has 0 radical (unpaired) electrons. The van der Waals surface area contributed by atoms with E-state index in [1.165, 1.54) is 14.2 Å². The first-order valence-corrected chi connectivity index (χ1v) is 9.45. The molecule has 0 unspecified atom stereocenters. The second kappa shape index (κ2) is 10.4. The zero-order chi connectivity index (χ0) is 21.3. The largest absolute Gasteiger partial charge is 0.481 e. The van der Waals surface area contributed by atoms with Gasteiger partial charge in [-0.2, -0.15) is 15.1 Å². The molecule has 0 aliphatic carbocycles. The average molecular weight is 444 g/mol. The Morgan fingerprint density at radius 2 is 1.70 bits per heavy atom. The number of methoxy groups -OCH3 is 2. The van der Waals surface area contributed by atoms with Gasteiger partial charge >= 0.3 is 6.01 Å². The van der Waals surface area contributed by atoms with Crippen LogP contribution in [0.4, 0.5) is 5.69 Å². The molecule has 3 aromatic rings. The molecule has 0 aliphatic heterocycles. The number of ether oxygens (including phenoxy) is 3. The molecule has 0 atom stereocenters. The Labute approximate surface area is 183 Å². The first kappa shape index (κ1) is 21.3. The van der Waals surface area contributed by atoms with Crippen molar-refractivity contribution in [3.8, 4) is 23.5 Å². The maximum Gasteiger partial charge on any atom is 0.328 e. The molecule has 1 heterocycles. The molecule has 0 saturated carbocycles. The van der Waals surface area contributed by atoms with E-state index >= 15 is 0 Å². The van der Waals surface area contributed by atoms with E-state index in [4.69, 9.17) is 38.0 Å². The highest BCUT2D eigenvalue weighted by Gasteiger charge is 2.10. The van der Waals surface area contributed by atoms with E-state index in [1.54, 1.807) is 30.5 Å². The first-order valence-electron chi connectivity index (χ1n) is 8.67. The normalized spacial score (nSPS) is 10.5. The van der Waals surface area contributed by atoms with Crippen LogP contribution in [0.5, 0.6) is 23.5 Å². The zero-order valence-electron chi connectivity index (χ0n) is 16.1. The molecule has 154 valence electrons. The molecule has 0 saturated heterocycles. The number of nitrogens with zero attached hydrogens (tertiary/aromatic N) is 3. The Morgan fingerprint density at radius 1 is 1.03 bits per heavy atom. The lowest BCUT2D eigenvalue weighted by Crippen LogP contribution is -2.23. The van der Waals surface area contributed by atoms with Crippen molar-refractivity contribution in [2.75, 3.05) is 19.5 Å². The first-order chi connectivity index (χ1) is 14.6. The third kappa shape index (κ3) is 6.03. The molecular formula is C20H18ClN5O3S. The Bertz CT molecular complexity index is 1020. The van der Waals surface area contributed by atoms with E-state index < -0.39 is 0 Å². The highest BCUT2D eigenvalue weighted by Crippen LogP contribution is 2.25. The summed E-state index contributed by atoms with van der Waals surface area (Å²) < 4.78 is 16.1. The van der Waals surface area contributed by atoms with Crippen LogP contribution < -0.4 is 25.0 Å². The summed E-state index contributed by atoms with van der Waals surface area (Å²) in [5.74, 6) is 1.14. The number of benzene rings is 2. The van der Waals surface area contributed by atoms with Gasteiger partial charge in [-0.25, -0.2) is 0 Å². The van der Waals surface area contributed by atoms with Gasteiger partial charge in [0.2, 0.25) is 11.8 Å². The number of para-hydroxylation sites is 1. The molecular weight excluding hydrogens is 426 g/mol. The van der Waals surface area contributed by atoms with Crippen LogP contribution in [0, 0.1) is 0 Å². The van der Waals surface area contributed by atoms with E-state index in [2.05, 4.69) is 25.8 Å². The molecule has 8 nitrogen and oxygen atoms in total. The second-order valence-corrected chi connectivity index (χ2v) is 6.55. The van der Waals surface area contributed by atoms with Crippen LogP contribution in [-0.4, -0.2) is 35.5 Å². The Morgan fingerprint density at radius 3 is 2.37 bits per heavy atom. The molecule has 30 heavy (non-hydrogen) atoms. The summed E-state index contributed by atoms with van der Waals surface area (Å²) in [5.41, 5.74) is 4.23. The minimum absolute atomic E-state index is 0.0833. The van der Waals surface area contributed by atoms with Crippen LogP contribution >= 0.6 is 23.8 Å². The van der Waals surface area contributed by atoms with Gasteiger partial charge in [0.15, 0.2) is 5.11 Å². The molecule has 1 aromatic heterocycles. The smallest absolute Gasteiger partial charge is 0.328 e. The van der Waals surface area contributed by atoms with Crippen molar-refractivity contribution in [3.63, 3.8) is 0 Å². The highest BCUT2D eigenvalue weighted by molar-refractivity contribution is 7.80. The van der Waals surface area contributed by atoms with Crippen molar-refractivity contribution < 1.29 is 14.2 Å². The maximum atomic E-state index is 5.87. The average Bonchev–Trinajstić information content (AvgIpc) is 2.76. The SMILES string of the molecule is COc1cc(OC)nc(Oc2ccccc2/C=N/NC(=S)Nc2ccc(Cl)cc2)n1. The van der Waals surface area contributed by atoms with Crippen LogP contribution in [0.2, 0.25) is 5.02 Å². The molecule has 2 aromatic carbocycles. The topological polar surface area (TPSA) is 89.9 Å². The van der Waals surface area contributed by atoms with Gasteiger partial charge in [-0.05, 0) is 48.6 Å². The van der Waals surface area contributed by atoms with Gasteiger partial charge in [0, 0.05) is 16.3 Å². The van der Waals surface area contributed by atoms with E-state index in [9.17, 15) is 0 Å². The van der Waals surface area contributed by atoms with Gasteiger partial charge < -0.3 is 19.5 Å². The molecule has 10 heteroatoms. The van der Waals surface area contributed by atoms with E-state index in [-0.39, 0.29) is 6.01 Å². The van der Waals surface area contributed by atoms with Crippen LogP contribution in [0.25, 0.3) is 0 Å². The van der Waals surface area contributed by atoms with Gasteiger partial charge in [0.25, 0.3) is 0 Å². The maximum absolute atomic E-state index is 5.87. The third-order valence-electron chi connectivity index (χ3n) is 3.67. The molecule has 2 N–H and O–H groups in total. The Balaban J connectivity index is 1.67. The van der Waals surface area contributed by atoms with Crippen LogP contribution in [0.3, 0.4) is 0 Å². The highest BCUT2D eigenvalue weighted by atomic mass is 35.5. The van der Waals surface area contributed by atoms with Crippen molar-refractivity contribution in [2.45, 2.75) is 0 Å². The predicted octanol–water partition coefficient (Wildman–Crippen LogP) is 4.26. The standard InChI is InChI=1S/C20H18ClN5O3S/c1-27-17-11-18(28-2)25-19(24-17)29-16-6-4-3-5-13(16)12-22-26-20(30)23-15-9-7-14(21)8-10-15/h3-12H,1-2H3,(H2,23,26,30)/b22-12+. The number of halogens is 1. The monoisotopic (exact) mass is 443 g/mol. The van der Waals surface area contributed by atoms with Crippen LogP contribution in [0.15, 0.2) is 59.7 Å². The van der Waals surface area contributed by atoms with Crippen LogP contribution in [0.1, 0.15) is 5.56 Å². The molecule has 0 amide bonds. The number of nitrogens with one attached hydrogen (secondary N) is 2. The molecule has 3 rings (SSSR count). The third-order valence-corrected chi connectivity index (χ3v) is 4.11. The van der Waals surface area contributed by atoms with Gasteiger partial charge in [0.1, 0.15) is 5.75 Å². The predicted molar refractivity (Wildman–Crippen MR) is 120 cm³/mol. The summed E-state index contributed by atoms with van der Waals surface area (Å²) in [6.45, 7) is 0. The summed E-state index contributed by atoms with van der Waals surface area (Å²) >= 11 is 11.1. The van der Waals surface area contributed by atoms with E-state index in [1.807, 2.05) is 30.3 Å². The number of anilines is 1. The van der Waals surface area contributed by atoms with Gasteiger partial charge in [0.05, 0.1) is 26.5 Å².